The Labute approximate surface area is 128 Å². The van der Waals surface area contributed by atoms with Crippen molar-refractivity contribution in [3.8, 4) is 0 Å². The summed E-state index contributed by atoms with van der Waals surface area (Å²) in [4.78, 5) is 6.32. The van der Waals surface area contributed by atoms with Crippen LogP contribution in [0, 0.1) is 0 Å². The maximum absolute atomic E-state index is 6.32. The van der Waals surface area contributed by atoms with Crippen molar-refractivity contribution in [3.63, 3.8) is 0 Å². The molecule has 2 heterocycles. The molecule has 1 aromatic carbocycles. The van der Waals surface area contributed by atoms with Crippen LogP contribution in [-0.4, -0.2) is 16.4 Å². The van der Waals surface area contributed by atoms with Crippen LogP contribution in [0.25, 0.3) is 10.1 Å². The predicted molar refractivity (Wildman–Crippen MR) is 83.9 cm³/mol. The highest BCUT2D eigenvalue weighted by atomic mass is 35.5. The first kappa shape index (κ1) is 13.1. The number of hydrogen-bond donors (Lipinski definition) is 0. The van der Waals surface area contributed by atoms with Gasteiger partial charge in [-0.05, 0) is 23.7 Å². The van der Waals surface area contributed by atoms with Crippen molar-refractivity contribution >= 4 is 61.8 Å². The third-order valence-corrected chi connectivity index (χ3v) is 4.89. The molecule has 0 aliphatic heterocycles. The van der Waals surface area contributed by atoms with E-state index >= 15 is 0 Å². The minimum absolute atomic E-state index is 0.681. The first-order valence-corrected chi connectivity index (χ1v) is 7.83. The van der Waals surface area contributed by atoms with Crippen LogP contribution in [0.2, 0.25) is 9.36 Å². The van der Waals surface area contributed by atoms with Gasteiger partial charge in [0.2, 0.25) is 0 Å². The highest BCUT2D eigenvalue weighted by molar-refractivity contribution is 7.15. The fraction of sp³-hybridized carbons (Fsp3) is 0.167. The van der Waals surface area contributed by atoms with Crippen LogP contribution in [-0.2, 0) is 6.54 Å². The summed E-state index contributed by atoms with van der Waals surface area (Å²) in [6.07, 6.45) is 3.52. The lowest BCUT2D eigenvalue weighted by Gasteiger charge is -2.19. The predicted octanol–water partition coefficient (Wildman–Crippen LogP) is 4.70. The minimum Gasteiger partial charge on any atom is -0.367 e. The van der Waals surface area contributed by atoms with Crippen LogP contribution in [0.15, 0.2) is 24.5 Å². The molecule has 2 aromatic heterocycles. The Morgan fingerprint density at radius 3 is 2.84 bits per heavy atom. The van der Waals surface area contributed by atoms with Gasteiger partial charge in [0.1, 0.15) is 9.34 Å². The van der Waals surface area contributed by atoms with E-state index in [1.54, 1.807) is 6.20 Å². The maximum atomic E-state index is 6.32. The van der Waals surface area contributed by atoms with Gasteiger partial charge in [0, 0.05) is 18.6 Å². The van der Waals surface area contributed by atoms with Crippen molar-refractivity contribution in [2.24, 2.45) is 0 Å². The summed E-state index contributed by atoms with van der Waals surface area (Å²) in [5.41, 5.74) is 0.973. The van der Waals surface area contributed by atoms with Gasteiger partial charge in [-0.25, -0.2) is 4.98 Å². The molecule has 0 saturated carbocycles. The zero-order valence-electron chi connectivity index (χ0n) is 9.93. The summed E-state index contributed by atoms with van der Waals surface area (Å²) < 4.78 is 5.96. The molecule has 7 heteroatoms. The van der Waals surface area contributed by atoms with Gasteiger partial charge in [-0.15, -0.1) is 11.3 Å². The first-order chi connectivity index (χ1) is 9.13. The molecular formula is C12H9Cl2N3S2. The Kier molecular flexibility index (Phi) is 3.62. The smallest absolute Gasteiger partial charge is 0.113 e. The maximum Gasteiger partial charge on any atom is 0.113 e. The van der Waals surface area contributed by atoms with E-state index in [1.807, 2.05) is 19.3 Å². The lowest BCUT2D eigenvalue weighted by atomic mass is 10.2. The first-order valence-electron chi connectivity index (χ1n) is 5.49. The molecule has 0 unspecified atom stereocenters. The van der Waals surface area contributed by atoms with E-state index in [0.717, 1.165) is 25.8 Å². The van der Waals surface area contributed by atoms with Gasteiger partial charge >= 0.3 is 0 Å². The van der Waals surface area contributed by atoms with Gasteiger partial charge in [0.15, 0.2) is 0 Å². The number of nitrogens with zero attached hydrogens (tertiary/aromatic N) is 3. The molecule has 19 heavy (non-hydrogen) atoms. The van der Waals surface area contributed by atoms with Gasteiger partial charge in [-0.2, -0.15) is 4.37 Å². The lowest BCUT2D eigenvalue weighted by molar-refractivity contribution is 0.912. The van der Waals surface area contributed by atoms with Crippen LogP contribution in [0.1, 0.15) is 5.01 Å². The number of hydrogen-bond acceptors (Lipinski definition) is 5. The normalized spacial score (nSPS) is 11.1. The lowest BCUT2D eigenvalue weighted by Crippen LogP contribution is -2.16. The quantitative estimate of drug-likeness (QED) is 0.697. The molecular weight excluding hydrogens is 321 g/mol. The van der Waals surface area contributed by atoms with Gasteiger partial charge in [0.25, 0.3) is 0 Å². The Balaban J connectivity index is 1.91. The van der Waals surface area contributed by atoms with Crippen LogP contribution in [0.3, 0.4) is 0 Å². The SMILES string of the molecule is CN(Cc1ncc(Cl)s1)c1cc2cnsc2cc1Cl. The molecule has 0 atom stereocenters. The summed E-state index contributed by atoms with van der Waals surface area (Å²) in [5.74, 6) is 0. The van der Waals surface area contributed by atoms with Crippen molar-refractivity contribution in [2.75, 3.05) is 11.9 Å². The molecule has 0 aliphatic rings. The van der Waals surface area contributed by atoms with Gasteiger partial charge < -0.3 is 4.90 Å². The summed E-state index contributed by atoms with van der Waals surface area (Å²) >= 11 is 15.1. The van der Waals surface area contributed by atoms with Gasteiger partial charge in [0.05, 0.1) is 28.2 Å². The summed E-state index contributed by atoms with van der Waals surface area (Å²) in [6, 6.07) is 4.01. The molecule has 98 valence electrons. The van der Waals surface area contributed by atoms with Gasteiger partial charge in [-0.3, -0.25) is 0 Å². The zero-order valence-corrected chi connectivity index (χ0v) is 13.1. The highest BCUT2D eigenvalue weighted by Gasteiger charge is 2.11. The Morgan fingerprint density at radius 2 is 2.11 bits per heavy atom. The fourth-order valence-corrected chi connectivity index (χ4v) is 3.87. The molecule has 0 radical (unpaired) electrons. The third kappa shape index (κ3) is 2.69. The summed E-state index contributed by atoms with van der Waals surface area (Å²) in [7, 11) is 1.99. The molecule has 0 amide bonds. The molecule has 3 nitrogen and oxygen atoms in total. The van der Waals surface area contributed by atoms with Crippen LogP contribution in [0.5, 0.6) is 0 Å². The molecule has 0 spiro atoms. The largest absolute Gasteiger partial charge is 0.367 e. The Hall–Kier alpha value is -0.880. The molecule has 0 bridgehead atoms. The third-order valence-electron chi connectivity index (χ3n) is 2.73. The topological polar surface area (TPSA) is 29.0 Å². The molecule has 0 aliphatic carbocycles. The Bertz CT molecular complexity index is 723. The number of anilines is 1. The number of halogens is 2. The average Bonchev–Trinajstić information content (AvgIpc) is 2.96. The summed E-state index contributed by atoms with van der Waals surface area (Å²) in [5, 5.41) is 2.79. The molecule has 0 fully saturated rings. The highest BCUT2D eigenvalue weighted by Crippen LogP contribution is 2.33. The zero-order chi connectivity index (χ0) is 13.4. The van der Waals surface area contributed by atoms with Crippen molar-refractivity contribution in [3.05, 3.63) is 38.9 Å². The summed E-state index contributed by atoms with van der Waals surface area (Å²) in [6.45, 7) is 0.681. The number of rotatable bonds is 3. The second-order valence-corrected chi connectivity index (χ2v) is 7.07. The van der Waals surface area contributed by atoms with E-state index < -0.39 is 0 Å². The van der Waals surface area contributed by atoms with Crippen LogP contribution < -0.4 is 4.90 Å². The van der Waals surface area contributed by atoms with Crippen molar-refractivity contribution in [2.45, 2.75) is 6.54 Å². The van der Waals surface area contributed by atoms with Crippen LogP contribution >= 0.6 is 46.1 Å². The molecule has 3 aromatic rings. The molecule has 0 saturated heterocycles. The van der Waals surface area contributed by atoms with Crippen LogP contribution in [0.4, 0.5) is 5.69 Å². The van der Waals surface area contributed by atoms with Crippen molar-refractivity contribution < 1.29 is 0 Å². The molecule has 0 N–H and O–H groups in total. The van der Waals surface area contributed by atoms with Gasteiger partial charge in [-0.1, -0.05) is 23.2 Å². The van der Waals surface area contributed by atoms with E-state index in [2.05, 4.69) is 20.3 Å². The second-order valence-electron chi connectivity index (χ2n) is 4.08. The van der Waals surface area contributed by atoms with E-state index in [0.29, 0.717) is 10.9 Å². The number of benzene rings is 1. The fourth-order valence-electron chi connectivity index (χ4n) is 1.82. The van der Waals surface area contributed by atoms with E-state index in [1.165, 1.54) is 22.9 Å². The minimum atomic E-state index is 0.681. The number of fused-ring (bicyclic) bond motifs is 1. The number of aromatic nitrogens is 2. The van der Waals surface area contributed by atoms with Crippen molar-refractivity contribution in [1.82, 2.24) is 9.36 Å². The number of thiazole rings is 1. The van der Waals surface area contributed by atoms with E-state index in [-0.39, 0.29) is 0 Å². The standard InChI is InChI=1S/C12H9Cl2N3S2/c1-17(6-12-15-5-11(14)18-12)9-2-7-4-16-19-10(7)3-8(9)13/h2-5H,6H2,1H3. The second kappa shape index (κ2) is 5.25. The van der Waals surface area contributed by atoms with Crippen molar-refractivity contribution in [1.29, 1.82) is 0 Å². The monoisotopic (exact) mass is 329 g/mol. The van der Waals surface area contributed by atoms with E-state index in [9.17, 15) is 0 Å². The molecule has 3 rings (SSSR count). The Morgan fingerprint density at radius 1 is 1.26 bits per heavy atom. The average molecular weight is 330 g/mol. The van der Waals surface area contributed by atoms with E-state index in [4.69, 9.17) is 23.2 Å².